The molecule has 4 rings (SSSR count). The van der Waals surface area contributed by atoms with E-state index in [9.17, 15) is 0 Å². The highest BCUT2D eigenvalue weighted by molar-refractivity contribution is 5.90. The van der Waals surface area contributed by atoms with Crippen LogP contribution in [0, 0.1) is 29.1 Å². The van der Waals surface area contributed by atoms with Crippen molar-refractivity contribution >= 4 is 11.1 Å². The first-order valence-electron chi connectivity index (χ1n) is 15.5. The summed E-state index contributed by atoms with van der Waals surface area (Å²) in [5.74, 6) is 0.667. The number of hydrogen-bond donors (Lipinski definition) is 0. The highest BCUT2D eigenvalue weighted by Crippen LogP contribution is 2.70. The van der Waals surface area contributed by atoms with Crippen LogP contribution < -0.4 is 0 Å². The number of fused-ring (bicyclic) bond motifs is 3. The standard InChI is InChI=1S/C40H56/c1-23(2)17-18-25(5)31-19-33(37(11,12)13)27(7)35-28(8)36-30(10)40(16)29(9)34(24(3)4)26(6)20-39(40,15)22-38(36,14)21-32(31)35/h19,23H,3,5,8-9,17-18,20-22H2,1-2,4,6-7,10-16H3/t38-,39+,40-/m1/s1. The Balaban J connectivity index is 2.02. The van der Waals surface area contributed by atoms with E-state index in [0.29, 0.717) is 5.92 Å². The first kappa shape index (κ1) is 30.6. The lowest BCUT2D eigenvalue weighted by molar-refractivity contribution is 0.0544. The van der Waals surface area contributed by atoms with Crippen molar-refractivity contribution < 1.29 is 0 Å². The minimum atomic E-state index is -0.130. The maximum atomic E-state index is 4.93. The van der Waals surface area contributed by atoms with E-state index in [0.717, 1.165) is 31.3 Å². The maximum absolute atomic E-state index is 4.93. The molecule has 0 nitrogen and oxygen atoms in total. The van der Waals surface area contributed by atoms with Crippen molar-refractivity contribution in [2.75, 3.05) is 0 Å². The largest absolute Gasteiger partial charge is 0.0955 e. The predicted octanol–water partition coefficient (Wildman–Crippen LogP) is 11.9. The molecule has 0 saturated heterocycles. The summed E-state index contributed by atoms with van der Waals surface area (Å²) in [6.45, 7) is 47.1. The van der Waals surface area contributed by atoms with Crippen LogP contribution in [0.5, 0.6) is 0 Å². The normalized spacial score (nSPS) is 28.5. The van der Waals surface area contributed by atoms with E-state index in [4.69, 9.17) is 19.7 Å². The van der Waals surface area contributed by atoms with Crippen LogP contribution in [0.4, 0.5) is 0 Å². The first-order valence-corrected chi connectivity index (χ1v) is 15.5. The summed E-state index contributed by atoms with van der Waals surface area (Å²) in [6, 6.07) is 2.50. The summed E-state index contributed by atoms with van der Waals surface area (Å²) in [5, 5.41) is 0. The number of allylic oxidation sites excluding steroid dienone is 8. The van der Waals surface area contributed by atoms with Gasteiger partial charge < -0.3 is 0 Å². The van der Waals surface area contributed by atoms with Gasteiger partial charge in [0.25, 0.3) is 0 Å². The lowest BCUT2D eigenvalue weighted by Crippen LogP contribution is -2.52. The zero-order valence-corrected chi connectivity index (χ0v) is 28.0. The average molecular weight is 537 g/mol. The molecule has 40 heavy (non-hydrogen) atoms. The van der Waals surface area contributed by atoms with Gasteiger partial charge >= 0.3 is 0 Å². The number of benzene rings is 1. The summed E-state index contributed by atoms with van der Waals surface area (Å²) in [7, 11) is 0. The van der Waals surface area contributed by atoms with Gasteiger partial charge in [0.15, 0.2) is 0 Å². The van der Waals surface area contributed by atoms with Crippen LogP contribution in [0.1, 0.15) is 130 Å². The van der Waals surface area contributed by atoms with E-state index in [2.05, 4.69) is 95.7 Å². The average Bonchev–Trinajstić information content (AvgIpc) is 2.78. The molecule has 0 heteroatoms. The third kappa shape index (κ3) is 4.31. The predicted molar refractivity (Wildman–Crippen MR) is 179 cm³/mol. The van der Waals surface area contributed by atoms with Crippen molar-refractivity contribution in [3.63, 3.8) is 0 Å². The van der Waals surface area contributed by atoms with E-state index < -0.39 is 0 Å². The molecule has 3 aliphatic carbocycles. The van der Waals surface area contributed by atoms with E-state index in [1.54, 1.807) is 0 Å². The van der Waals surface area contributed by atoms with Crippen molar-refractivity contribution in [1.82, 2.24) is 0 Å². The Bertz CT molecular complexity index is 1410. The van der Waals surface area contributed by atoms with E-state index >= 15 is 0 Å². The summed E-state index contributed by atoms with van der Waals surface area (Å²) in [5.41, 5.74) is 17.7. The second-order valence-electron chi connectivity index (χ2n) is 15.9. The highest BCUT2D eigenvalue weighted by atomic mass is 14.6. The molecule has 1 aromatic rings. The number of rotatable bonds is 5. The smallest absolute Gasteiger partial charge is 0.0194 e. The molecule has 0 bridgehead atoms. The fourth-order valence-corrected chi connectivity index (χ4v) is 9.29. The second-order valence-corrected chi connectivity index (χ2v) is 15.9. The Labute approximate surface area is 247 Å². The molecule has 0 heterocycles. The zero-order chi connectivity index (χ0) is 30.3. The van der Waals surface area contributed by atoms with Gasteiger partial charge in [-0.3, -0.25) is 0 Å². The molecule has 0 N–H and O–H groups in total. The van der Waals surface area contributed by atoms with Gasteiger partial charge in [-0.1, -0.05) is 104 Å². The fraction of sp³-hybridized carbons (Fsp3) is 0.550. The van der Waals surface area contributed by atoms with Crippen molar-refractivity contribution in [2.45, 2.75) is 121 Å². The van der Waals surface area contributed by atoms with Crippen LogP contribution in [-0.4, -0.2) is 0 Å². The lowest BCUT2D eigenvalue weighted by atomic mass is 9.41. The minimum absolute atomic E-state index is 0.0203. The molecule has 0 amide bonds. The summed E-state index contributed by atoms with van der Waals surface area (Å²) < 4.78 is 0. The van der Waals surface area contributed by atoms with Gasteiger partial charge in [0, 0.05) is 5.41 Å². The Kier molecular flexibility index (Phi) is 7.35. The van der Waals surface area contributed by atoms with Gasteiger partial charge in [0.2, 0.25) is 0 Å². The van der Waals surface area contributed by atoms with Crippen molar-refractivity contribution in [1.29, 1.82) is 0 Å². The van der Waals surface area contributed by atoms with Crippen LogP contribution in [0.3, 0.4) is 0 Å². The third-order valence-electron chi connectivity index (χ3n) is 11.2. The molecule has 3 atom stereocenters. The highest BCUT2D eigenvalue weighted by Gasteiger charge is 2.60. The second kappa shape index (κ2) is 9.61. The van der Waals surface area contributed by atoms with Gasteiger partial charge in [-0.25, -0.2) is 0 Å². The quantitative estimate of drug-likeness (QED) is 0.351. The van der Waals surface area contributed by atoms with Crippen LogP contribution in [0.2, 0.25) is 0 Å². The lowest BCUT2D eigenvalue weighted by Gasteiger charge is -2.62. The van der Waals surface area contributed by atoms with E-state index in [-0.39, 0.29) is 21.7 Å². The van der Waals surface area contributed by atoms with Gasteiger partial charge in [-0.15, -0.1) is 0 Å². The number of hydrogen-bond acceptors (Lipinski definition) is 0. The molecule has 3 aliphatic rings. The van der Waals surface area contributed by atoms with Crippen LogP contribution >= 0.6 is 0 Å². The monoisotopic (exact) mass is 536 g/mol. The molecular weight excluding hydrogens is 480 g/mol. The van der Waals surface area contributed by atoms with Gasteiger partial charge in [0.05, 0.1) is 0 Å². The Morgan fingerprint density at radius 3 is 2.12 bits per heavy atom. The molecule has 216 valence electrons. The third-order valence-corrected chi connectivity index (χ3v) is 11.2. The van der Waals surface area contributed by atoms with Crippen molar-refractivity contribution in [2.24, 2.45) is 22.2 Å². The fourth-order valence-electron chi connectivity index (χ4n) is 9.29. The topological polar surface area (TPSA) is 0 Å². The Morgan fingerprint density at radius 2 is 1.60 bits per heavy atom. The van der Waals surface area contributed by atoms with Gasteiger partial charge in [0.1, 0.15) is 0 Å². The van der Waals surface area contributed by atoms with E-state index in [1.807, 2.05) is 0 Å². The molecule has 0 spiro atoms. The summed E-state index contributed by atoms with van der Waals surface area (Å²) >= 11 is 0. The molecule has 0 fully saturated rings. The van der Waals surface area contributed by atoms with Crippen LogP contribution in [-0.2, 0) is 11.8 Å². The summed E-state index contributed by atoms with van der Waals surface area (Å²) in [4.78, 5) is 0. The molecule has 0 saturated carbocycles. The van der Waals surface area contributed by atoms with Gasteiger partial charge in [-0.05, 0) is 138 Å². The molecule has 0 radical (unpaired) electrons. The Morgan fingerprint density at radius 1 is 1.00 bits per heavy atom. The molecule has 1 aromatic carbocycles. The summed E-state index contributed by atoms with van der Waals surface area (Å²) in [6.07, 6.45) is 5.47. The van der Waals surface area contributed by atoms with Crippen molar-refractivity contribution in [3.8, 4) is 0 Å². The van der Waals surface area contributed by atoms with Crippen molar-refractivity contribution in [3.05, 3.63) is 93.6 Å². The first-order chi connectivity index (χ1) is 18.2. The molecular formula is C40H56. The van der Waals surface area contributed by atoms with Crippen LogP contribution in [0.25, 0.3) is 11.1 Å². The maximum Gasteiger partial charge on any atom is 0.0194 e. The van der Waals surface area contributed by atoms with Crippen LogP contribution in [0.15, 0.2) is 65.8 Å². The molecule has 0 aromatic heterocycles. The SMILES string of the molecule is C=C(C)C1=C(C)C[C@@]2(C)C[C@@]3(C)Cc4c(C(=C)CCC(C)C)cc(C(C)(C)C)c(C)c4C(=C)C3=C(C)[C@@]2(C)C1=C. The molecule has 0 aliphatic heterocycles. The molecule has 0 unspecified atom stereocenters. The van der Waals surface area contributed by atoms with Gasteiger partial charge in [-0.2, -0.15) is 0 Å². The zero-order valence-electron chi connectivity index (χ0n) is 28.0. The Hall–Kier alpha value is -2.34. The van der Waals surface area contributed by atoms with E-state index in [1.165, 1.54) is 73.2 Å². The minimum Gasteiger partial charge on any atom is -0.0955 e.